The van der Waals surface area contributed by atoms with Gasteiger partial charge in [0.15, 0.2) is 12.5 Å². The Bertz CT molecular complexity index is 926. The Morgan fingerprint density at radius 2 is 2.09 bits per heavy atom. The number of aryl methyl sites for hydroxylation is 2. The first-order chi connectivity index (χ1) is 10.6. The zero-order chi connectivity index (χ0) is 15.3. The molecule has 1 aliphatic heterocycles. The summed E-state index contributed by atoms with van der Waals surface area (Å²) in [7, 11) is 0. The molecular formula is C16H14N2O4. The Labute approximate surface area is 125 Å². The highest BCUT2D eigenvalue weighted by atomic mass is 16.5. The Hall–Kier alpha value is -2.76. The lowest BCUT2D eigenvalue weighted by Gasteiger charge is -2.28. The van der Waals surface area contributed by atoms with Gasteiger partial charge in [0.1, 0.15) is 17.1 Å². The Morgan fingerprint density at radius 1 is 1.23 bits per heavy atom. The van der Waals surface area contributed by atoms with Gasteiger partial charge in [-0.3, -0.25) is 0 Å². The third-order valence-corrected chi connectivity index (χ3v) is 3.84. The van der Waals surface area contributed by atoms with E-state index in [2.05, 4.69) is 5.16 Å². The predicted molar refractivity (Wildman–Crippen MR) is 80.1 cm³/mol. The van der Waals surface area contributed by atoms with E-state index in [1.807, 2.05) is 36.9 Å². The minimum Gasteiger partial charge on any atom is -0.473 e. The van der Waals surface area contributed by atoms with Crippen molar-refractivity contribution < 1.29 is 13.7 Å². The summed E-state index contributed by atoms with van der Waals surface area (Å²) in [6.07, 6.45) is 0. The largest absolute Gasteiger partial charge is 0.473 e. The molecule has 6 nitrogen and oxygen atoms in total. The van der Waals surface area contributed by atoms with Crippen LogP contribution in [-0.2, 0) is 6.54 Å². The van der Waals surface area contributed by atoms with Gasteiger partial charge in [-0.2, -0.15) is 0 Å². The first-order valence-electron chi connectivity index (χ1n) is 6.99. The highest BCUT2D eigenvalue weighted by Gasteiger charge is 2.23. The van der Waals surface area contributed by atoms with Crippen molar-refractivity contribution in [1.29, 1.82) is 0 Å². The van der Waals surface area contributed by atoms with Crippen LogP contribution in [0.15, 0.2) is 38.0 Å². The predicted octanol–water partition coefficient (Wildman–Crippen LogP) is 2.75. The number of aromatic nitrogens is 1. The van der Waals surface area contributed by atoms with Crippen LogP contribution in [0.5, 0.6) is 5.75 Å². The average Bonchev–Trinajstić information content (AvgIpc) is 2.93. The van der Waals surface area contributed by atoms with Crippen molar-refractivity contribution in [2.75, 3.05) is 11.6 Å². The Morgan fingerprint density at radius 3 is 2.86 bits per heavy atom. The fourth-order valence-corrected chi connectivity index (χ4v) is 2.74. The maximum Gasteiger partial charge on any atom is 0.336 e. The van der Waals surface area contributed by atoms with Crippen LogP contribution in [0.3, 0.4) is 0 Å². The van der Waals surface area contributed by atoms with Crippen molar-refractivity contribution >= 4 is 16.8 Å². The van der Waals surface area contributed by atoms with Crippen LogP contribution in [0.2, 0.25) is 0 Å². The van der Waals surface area contributed by atoms with Crippen molar-refractivity contribution in [3.8, 4) is 5.75 Å². The van der Waals surface area contributed by atoms with E-state index in [1.165, 1.54) is 6.07 Å². The molecular weight excluding hydrogens is 284 g/mol. The van der Waals surface area contributed by atoms with Crippen molar-refractivity contribution in [2.45, 2.75) is 20.4 Å². The third kappa shape index (κ3) is 1.95. The SMILES string of the molecule is Cc1cc(N2COc3ccc4c(C)cc(=O)oc4c3C2)no1. The van der Waals surface area contributed by atoms with Gasteiger partial charge in [-0.1, -0.05) is 5.16 Å². The second kappa shape index (κ2) is 4.62. The molecule has 1 aromatic carbocycles. The molecule has 3 aromatic rings. The maximum absolute atomic E-state index is 11.7. The molecule has 0 amide bonds. The quantitative estimate of drug-likeness (QED) is 0.643. The molecule has 0 saturated heterocycles. The van der Waals surface area contributed by atoms with Crippen LogP contribution in [-0.4, -0.2) is 11.9 Å². The summed E-state index contributed by atoms with van der Waals surface area (Å²) in [6.45, 7) is 4.66. The van der Waals surface area contributed by atoms with E-state index in [0.717, 1.165) is 28.0 Å². The number of nitrogens with zero attached hydrogens (tertiary/aromatic N) is 2. The van der Waals surface area contributed by atoms with Crippen LogP contribution in [0.25, 0.3) is 11.0 Å². The van der Waals surface area contributed by atoms with Crippen LogP contribution in [0.1, 0.15) is 16.9 Å². The average molecular weight is 298 g/mol. The molecule has 4 rings (SSSR count). The van der Waals surface area contributed by atoms with Gasteiger partial charge < -0.3 is 18.6 Å². The maximum atomic E-state index is 11.7. The summed E-state index contributed by atoms with van der Waals surface area (Å²) in [6, 6.07) is 7.18. The molecule has 2 aromatic heterocycles. The molecule has 0 radical (unpaired) electrons. The summed E-state index contributed by atoms with van der Waals surface area (Å²) in [5.74, 6) is 2.17. The van der Waals surface area contributed by atoms with Gasteiger partial charge in [0, 0.05) is 17.5 Å². The Balaban J connectivity index is 1.86. The number of rotatable bonds is 1. The fourth-order valence-electron chi connectivity index (χ4n) is 2.74. The van der Waals surface area contributed by atoms with E-state index in [4.69, 9.17) is 13.7 Å². The normalized spacial score (nSPS) is 14.0. The van der Waals surface area contributed by atoms with Gasteiger partial charge in [0.2, 0.25) is 0 Å². The Kier molecular flexibility index (Phi) is 2.72. The molecule has 0 spiro atoms. The van der Waals surface area contributed by atoms with E-state index in [1.54, 1.807) is 0 Å². The van der Waals surface area contributed by atoms with E-state index in [9.17, 15) is 4.79 Å². The lowest BCUT2D eigenvalue weighted by atomic mass is 10.1. The molecule has 22 heavy (non-hydrogen) atoms. The number of fused-ring (bicyclic) bond motifs is 3. The van der Waals surface area contributed by atoms with Gasteiger partial charge in [-0.25, -0.2) is 4.79 Å². The van der Waals surface area contributed by atoms with Crippen molar-refractivity contribution in [2.24, 2.45) is 0 Å². The topological polar surface area (TPSA) is 68.7 Å². The van der Waals surface area contributed by atoms with Gasteiger partial charge in [-0.05, 0) is 31.5 Å². The number of anilines is 1. The van der Waals surface area contributed by atoms with Gasteiger partial charge in [-0.15, -0.1) is 0 Å². The number of hydrogen-bond donors (Lipinski definition) is 0. The lowest BCUT2D eigenvalue weighted by molar-refractivity contribution is 0.284. The second-order valence-corrected chi connectivity index (χ2v) is 5.43. The zero-order valence-corrected chi connectivity index (χ0v) is 12.3. The highest BCUT2D eigenvalue weighted by molar-refractivity contribution is 5.85. The zero-order valence-electron chi connectivity index (χ0n) is 12.3. The van der Waals surface area contributed by atoms with Crippen molar-refractivity contribution in [3.63, 3.8) is 0 Å². The number of hydrogen-bond acceptors (Lipinski definition) is 6. The molecule has 0 unspecified atom stereocenters. The van der Waals surface area contributed by atoms with Crippen molar-refractivity contribution in [1.82, 2.24) is 5.16 Å². The van der Waals surface area contributed by atoms with E-state index < -0.39 is 0 Å². The van der Waals surface area contributed by atoms with Crippen LogP contribution < -0.4 is 15.3 Å². The van der Waals surface area contributed by atoms with E-state index in [-0.39, 0.29) is 5.63 Å². The van der Waals surface area contributed by atoms with Crippen LogP contribution in [0.4, 0.5) is 5.82 Å². The number of ether oxygens (including phenoxy) is 1. The lowest BCUT2D eigenvalue weighted by Crippen LogP contribution is -2.32. The summed E-state index contributed by atoms with van der Waals surface area (Å²) >= 11 is 0. The van der Waals surface area contributed by atoms with Gasteiger partial charge in [0.25, 0.3) is 0 Å². The highest BCUT2D eigenvalue weighted by Crippen LogP contribution is 2.34. The standard InChI is InChI=1S/C16H14N2O4/c1-9-5-15(19)21-16-11(9)3-4-13-12(16)7-18(8-20-13)14-6-10(2)22-17-14/h3-6H,7-8H2,1-2H3. The van der Waals surface area contributed by atoms with Crippen molar-refractivity contribution in [3.05, 3.63) is 51.6 Å². The summed E-state index contributed by atoms with van der Waals surface area (Å²) < 4.78 is 16.3. The number of benzene rings is 1. The molecule has 0 N–H and O–H groups in total. The molecule has 0 fully saturated rings. The van der Waals surface area contributed by atoms with E-state index in [0.29, 0.717) is 24.7 Å². The molecule has 0 saturated carbocycles. The summed E-state index contributed by atoms with van der Waals surface area (Å²) in [5, 5.41) is 4.92. The molecule has 3 heterocycles. The molecule has 0 bridgehead atoms. The summed E-state index contributed by atoms with van der Waals surface area (Å²) in [4.78, 5) is 13.6. The second-order valence-electron chi connectivity index (χ2n) is 5.43. The molecule has 0 aliphatic carbocycles. The smallest absolute Gasteiger partial charge is 0.336 e. The first kappa shape index (κ1) is 12.9. The first-order valence-corrected chi connectivity index (χ1v) is 6.99. The molecule has 1 aliphatic rings. The minimum atomic E-state index is -0.354. The van der Waals surface area contributed by atoms with Gasteiger partial charge >= 0.3 is 5.63 Å². The third-order valence-electron chi connectivity index (χ3n) is 3.84. The molecule has 0 atom stereocenters. The van der Waals surface area contributed by atoms with Crippen LogP contribution in [0, 0.1) is 13.8 Å². The summed E-state index contributed by atoms with van der Waals surface area (Å²) in [5.41, 5.74) is 1.97. The van der Waals surface area contributed by atoms with Crippen LogP contribution >= 0.6 is 0 Å². The minimum absolute atomic E-state index is 0.354. The van der Waals surface area contributed by atoms with Gasteiger partial charge in [0.05, 0.1) is 12.1 Å². The molecule has 6 heteroatoms. The van der Waals surface area contributed by atoms with E-state index >= 15 is 0 Å². The molecule has 112 valence electrons. The fraction of sp³-hybridized carbons (Fsp3) is 0.250. The monoisotopic (exact) mass is 298 g/mol.